The molecule has 0 amide bonds. The second-order valence-electron chi connectivity index (χ2n) is 13.8. The van der Waals surface area contributed by atoms with E-state index in [1.165, 1.54) is 46.5 Å². The molecule has 0 radical (unpaired) electrons. The second kappa shape index (κ2) is 14.5. The van der Waals surface area contributed by atoms with Crippen molar-refractivity contribution in [1.82, 2.24) is 0 Å². The molecule has 0 aromatic heterocycles. The maximum absolute atomic E-state index is 11.3. The fourth-order valence-electron chi connectivity index (χ4n) is 8.09. The molecule has 0 atom stereocenters. The molecule has 0 saturated heterocycles. The van der Waals surface area contributed by atoms with Crippen LogP contribution in [0.25, 0.3) is 33.4 Å². The molecule has 1 aliphatic carbocycles. The number of carboxylic acid groups (broad SMARTS) is 2. The number of ether oxygens (including phenoxy) is 2. The number of fused-ring (bicyclic) bond motifs is 3. The lowest BCUT2D eigenvalue weighted by atomic mass is 9.64. The number of carbonyl (C=O) groups is 2. The summed E-state index contributed by atoms with van der Waals surface area (Å²) in [7, 11) is 0. The van der Waals surface area contributed by atoms with Crippen molar-refractivity contribution in [2.45, 2.75) is 5.41 Å². The molecule has 0 bridgehead atoms. The third-order valence-corrected chi connectivity index (χ3v) is 10.6. The van der Waals surface area contributed by atoms with Gasteiger partial charge in [0.2, 0.25) is 0 Å². The first-order valence-electron chi connectivity index (χ1n) is 18.5. The first kappa shape index (κ1) is 35.0. The van der Waals surface area contributed by atoms with E-state index in [0.717, 1.165) is 33.4 Å². The zero-order valence-corrected chi connectivity index (χ0v) is 30.5. The van der Waals surface area contributed by atoms with E-state index >= 15 is 0 Å². The summed E-state index contributed by atoms with van der Waals surface area (Å²) in [6.45, 7) is 0. The minimum atomic E-state index is -0.982. The molecule has 6 nitrogen and oxygen atoms in total. The molecule has 0 aliphatic heterocycles. The molecule has 57 heavy (non-hydrogen) atoms. The summed E-state index contributed by atoms with van der Waals surface area (Å²) in [6.07, 6.45) is 0. The van der Waals surface area contributed by atoms with E-state index in [1.54, 1.807) is 24.3 Å². The quantitative estimate of drug-likeness (QED) is 0.145. The largest absolute Gasteiger partial charge is 0.478 e. The van der Waals surface area contributed by atoms with Gasteiger partial charge in [0.15, 0.2) is 0 Å². The number of benzene rings is 8. The highest BCUT2D eigenvalue weighted by Crippen LogP contribution is 2.59. The Hall–Kier alpha value is -7.70. The van der Waals surface area contributed by atoms with Gasteiger partial charge in [-0.25, -0.2) is 9.59 Å². The van der Waals surface area contributed by atoms with Crippen LogP contribution in [-0.4, -0.2) is 22.2 Å². The van der Waals surface area contributed by atoms with Gasteiger partial charge in [0, 0.05) is 0 Å². The minimum absolute atomic E-state index is 0.202. The van der Waals surface area contributed by atoms with Gasteiger partial charge in [-0.15, -0.1) is 0 Å². The molecule has 274 valence electrons. The van der Waals surface area contributed by atoms with Crippen LogP contribution in [0.3, 0.4) is 0 Å². The molecule has 6 heteroatoms. The number of aromatic carboxylic acids is 2. The molecular formula is C51H34O6. The van der Waals surface area contributed by atoms with E-state index < -0.39 is 17.4 Å². The van der Waals surface area contributed by atoms with Crippen molar-refractivity contribution in [3.63, 3.8) is 0 Å². The van der Waals surface area contributed by atoms with Crippen LogP contribution in [-0.2, 0) is 5.41 Å². The Morgan fingerprint density at radius 1 is 0.333 bits per heavy atom. The van der Waals surface area contributed by atoms with Crippen molar-refractivity contribution in [2.24, 2.45) is 0 Å². The van der Waals surface area contributed by atoms with Crippen LogP contribution < -0.4 is 9.47 Å². The van der Waals surface area contributed by atoms with Gasteiger partial charge in [-0.2, -0.15) is 0 Å². The van der Waals surface area contributed by atoms with Gasteiger partial charge < -0.3 is 19.7 Å². The Morgan fingerprint density at radius 3 is 0.912 bits per heavy atom. The Morgan fingerprint density at radius 2 is 0.596 bits per heavy atom. The molecule has 0 unspecified atom stereocenters. The highest BCUT2D eigenvalue weighted by atomic mass is 16.5. The predicted octanol–water partition coefficient (Wildman–Crippen LogP) is 12.4. The van der Waals surface area contributed by atoms with Crippen LogP contribution in [0.4, 0.5) is 0 Å². The highest BCUT2D eigenvalue weighted by Gasteiger charge is 2.48. The van der Waals surface area contributed by atoms with Gasteiger partial charge in [0.1, 0.15) is 23.0 Å². The Bertz CT molecular complexity index is 2570. The van der Waals surface area contributed by atoms with Gasteiger partial charge in [-0.1, -0.05) is 121 Å². The van der Waals surface area contributed by atoms with Gasteiger partial charge in [-0.3, -0.25) is 0 Å². The number of rotatable bonds is 10. The van der Waals surface area contributed by atoms with Crippen molar-refractivity contribution in [1.29, 1.82) is 0 Å². The third-order valence-electron chi connectivity index (χ3n) is 10.6. The third kappa shape index (κ3) is 6.29. The molecule has 0 saturated carbocycles. The maximum atomic E-state index is 11.3. The van der Waals surface area contributed by atoms with Gasteiger partial charge in [0.05, 0.1) is 16.5 Å². The van der Waals surface area contributed by atoms with Crippen LogP contribution in [0.1, 0.15) is 43.0 Å². The normalized spacial score (nSPS) is 12.3. The lowest BCUT2D eigenvalue weighted by Crippen LogP contribution is -2.30. The molecule has 0 spiro atoms. The summed E-state index contributed by atoms with van der Waals surface area (Å²) >= 11 is 0. The average molecular weight is 743 g/mol. The smallest absolute Gasteiger partial charge is 0.335 e. The van der Waals surface area contributed by atoms with Gasteiger partial charge in [-0.05, 0) is 128 Å². The van der Waals surface area contributed by atoms with E-state index in [4.69, 9.17) is 9.47 Å². The lowest BCUT2D eigenvalue weighted by Gasteiger charge is -2.37. The van der Waals surface area contributed by atoms with E-state index in [2.05, 4.69) is 121 Å². The molecule has 0 heterocycles. The molecular weight excluding hydrogens is 709 g/mol. The average Bonchev–Trinajstić information content (AvgIpc) is 3.55. The summed E-state index contributed by atoms with van der Waals surface area (Å²) in [6, 6.07) is 63.4. The first-order valence-corrected chi connectivity index (χ1v) is 18.5. The van der Waals surface area contributed by atoms with Gasteiger partial charge in [0.25, 0.3) is 0 Å². The number of carboxylic acids is 2. The van der Waals surface area contributed by atoms with Crippen LogP contribution in [0.5, 0.6) is 23.0 Å². The topological polar surface area (TPSA) is 93.1 Å². The van der Waals surface area contributed by atoms with Crippen LogP contribution in [0.2, 0.25) is 0 Å². The highest BCUT2D eigenvalue weighted by molar-refractivity contribution is 5.91. The minimum Gasteiger partial charge on any atom is -0.478 e. The molecule has 8 aromatic carbocycles. The SMILES string of the molecule is O=C(O)c1ccc(Oc2ccc(-c3ccccc3C3(c4ccccc4-c4ccc(Oc5ccc(C(=O)O)cc5)cc4)c4ccccc4-c4ccccc43)cc2)cc1. The number of hydrogen-bond acceptors (Lipinski definition) is 4. The van der Waals surface area contributed by atoms with E-state index in [0.29, 0.717) is 23.0 Å². The molecule has 1 aliphatic rings. The van der Waals surface area contributed by atoms with Crippen molar-refractivity contribution < 1.29 is 29.3 Å². The van der Waals surface area contributed by atoms with Crippen LogP contribution in [0.15, 0.2) is 194 Å². The van der Waals surface area contributed by atoms with Crippen molar-refractivity contribution in [3.05, 3.63) is 228 Å². The summed E-state index contributed by atoms with van der Waals surface area (Å²) in [5.74, 6) is 0.419. The molecule has 9 rings (SSSR count). The lowest BCUT2D eigenvalue weighted by molar-refractivity contribution is 0.0686. The zero-order chi connectivity index (χ0) is 38.9. The van der Waals surface area contributed by atoms with Crippen LogP contribution in [0, 0.1) is 0 Å². The van der Waals surface area contributed by atoms with E-state index in [1.807, 2.05) is 24.3 Å². The fourth-order valence-corrected chi connectivity index (χ4v) is 8.09. The van der Waals surface area contributed by atoms with E-state index in [9.17, 15) is 19.8 Å². The maximum Gasteiger partial charge on any atom is 0.335 e. The first-order chi connectivity index (χ1) is 27.9. The Balaban J connectivity index is 1.16. The predicted molar refractivity (Wildman–Crippen MR) is 222 cm³/mol. The monoisotopic (exact) mass is 742 g/mol. The van der Waals surface area contributed by atoms with Crippen molar-refractivity contribution >= 4 is 11.9 Å². The summed E-state index contributed by atoms with van der Waals surface area (Å²) in [5, 5.41) is 18.6. The second-order valence-corrected chi connectivity index (χ2v) is 13.8. The summed E-state index contributed by atoms with van der Waals surface area (Å²) < 4.78 is 12.2. The Kier molecular flexibility index (Phi) is 8.92. The summed E-state index contributed by atoms with van der Waals surface area (Å²) in [4.78, 5) is 22.7. The molecule has 0 fully saturated rings. The number of hydrogen-bond donors (Lipinski definition) is 2. The standard InChI is InChI=1S/C51H34O6/c52-49(53)35-21-29-39(30-22-35)56-37-25-17-33(18-26-37)41-9-1-5-13-45(41)51(47-15-7-3-11-43(47)44-12-4-8-16-48(44)51)46-14-6-2-10-42(46)34-19-27-38(28-20-34)57-40-31-23-36(24-32-40)50(54)55/h1-32H,(H,52,53)(H,54,55). The molecule has 2 N–H and O–H groups in total. The summed E-state index contributed by atoms with van der Waals surface area (Å²) in [5.41, 5.74) is 10.9. The van der Waals surface area contributed by atoms with Gasteiger partial charge >= 0.3 is 11.9 Å². The van der Waals surface area contributed by atoms with Crippen molar-refractivity contribution in [3.8, 4) is 56.4 Å². The van der Waals surface area contributed by atoms with Crippen LogP contribution >= 0.6 is 0 Å². The zero-order valence-electron chi connectivity index (χ0n) is 30.5. The molecule has 8 aromatic rings. The Labute approximate surface area is 329 Å². The fraction of sp³-hybridized carbons (Fsp3) is 0.0196. The van der Waals surface area contributed by atoms with Crippen molar-refractivity contribution in [2.75, 3.05) is 0 Å². The van der Waals surface area contributed by atoms with E-state index in [-0.39, 0.29) is 11.1 Å².